The van der Waals surface area contributed by atoms with E-state index in [9.17, 15) is 19.5 Å². The SMILES string of the molecule is CC(C)c1ccc2c(c1)C(=O)[C@H](O)[C@H]1[C@](C)(/C=N/OCCN)CCC[C@]21C.O=C(O)/C=C/C(=O)O. The van der Waals surface area contributed by atoms with Gasteiger partial charge in [-0.3, -0.25) is 4.79 Å². The lowest BCUT2D eigenvalue weighted by Crippen LogP contribution is -2.58. The number of carbonyl (C=O) groups excluding carboxylic acids is 1. The third-order valence-corrected chi connectivity index (χ3v) is 6.98. The Hall–Kier alpha value is -3.04. The van der Waals surface area contributed by atoms with E-state index in [1.807, 2.05) is 6.07 Å². The number of Topliss-reactive ketones (excluding diaryl/α,β-unsaturated/α-hetero) is 1. The van der Waals surface area contributed by atoms with Crippen molar-refractivity contribution in [3.8, 4) is 0 Å². The van der Waals surface area contributed by atoms with E-state index >= 15 is 0 Å². The van der Waals surface area contributed by atoms with Crippen LogP contribution in [0.3, 0.4) is 0 Å². The quantitative estimate of drug-likeness (QED) is 0.197. The summed E-state index contributed by atoms with van der Waals surface area (Å²) in [6.45, 7) is 9.26. The van der Waals surface area contributed by atoms with Gasteiger partial charge in [-0.2, -0.15) is 0 Å². The van der Waals surface area contributed by atoms with Crippen molar-refractivity contribution in [1.29, 1.82) is 0 Å². The average molecular weight is 489 g/mol. The van der Waals surface area contributed by atoms with Gasteiger partial charge in [-0.15, -0.1) is 0 Å². The fourth-order valence-corrected chi connectivity index (χ4v) is 5.37. The number of hydrogen-bond donors (Lipinski definition) is 4. The highest BCUT2D eigenvalue weighted by atomic mass is 16.6. The average Bonchev–Trinajstić information content (AvgIpc) is 2.79. The lowest BCUT2D eigenvalue weighted by Gasteiger charge is -2.55. The summed E-state index contributed by atoms with van der Waals surface area (Å²) in [5.74, 6) is -2.57. The molecule has 0 radical (unpaired) electrons. The van der Waals surface area contributed by atoms with Gasteiger partial charge < -0.3 is 25.9 Å². The lowest BCUT2D eigenvalue weighted by molar-refractivity contribution is -0.134. The topological polar surface area (TPSA) is 160 Å². The smallest absolute Gasteiger partial charge is 0.328 e. The summed E-state index contributed by atoms with van der Waals surface area (Å²) in [5, 5.41) is 30.8. The predicted molar refractivity (Wildman–Crippen MR) is 132 cm³/mol. The predicted octanol–water partition coefficient (Wildman–Crippen LogP) is 3.10. The highest BCUT2D eigenvalue weighted by Gasteiger charge is 2.57. The molecule has 1 aromatic rings. The summed E-state index contributed by atoms with van der Waals surface area (Å²) in [6, 6.07) is 6.22. The van der Waals surface area contributed by atoms with E-state index in [1.165, 1.54) is 0 Å². The Kier molecular flexibility index (Phi) is 9.34. The highest BCUT2D eigenvalue weighted by Crippen LogP contribution is 2.56. The van der Waals surface area contributed by atoms with Crippen LogP contribution in [0.1, 0.15) is 74.4 Å². The number of carboxylic acids is 2. The summed E-state index contributed by atoms with van der Waals surface area (Å²) < 4.78 is 0. The first-order chi connectivity index (χ1) is 16.4. The maximum Gasteiger partial charge on any atom is 0.328 e. The van der Waals surface area contributed by atoms with Gasteiger partial charge in [0.1, 0.15) is 12.7 Å². The van der Waals surface area contributed by atoms with Crippen LogP contribution in [0, 0.1) is 11.3 Å². The summed E-state index contributed by atoms with van der Waals surface area (Å²) in [6.07, 6.45) is 4.70. The second-order valence-electron chi connectivity index (χ2n) is 9.89. The number of fused-ring (bicyclic) bond motifs is 3. The number of nitrogens with zero attached hydrogens (tertiary/aromatic N) is 1. The van der Waals surface area contributed by atoms with Crippen molar-refractivity contribution in [2.75, 3.05) is 13.2 Å². The number of ketones is 1. The second kappa shape index (κ2) is 11.6. The zero-order valence-electron chi connectivity index (χ0n) is 20.7. The van der Waals surface area contributed by atoms with E-state index in [1.54, 1.807) is 6.21 Å². The van der Waals surface area contributed by atoms with Crippen molar-refractivity contribution in [2.45, 2.75) is 64.4 Å². The molecule has 2 aliphatic carbocycles. The van der Waals surface area contributed by atoms with E-state index in [4.69, 9.17) is 20.8 Å². The molecule has 2 aliphatic rings. The number of aliphatic hydroxyl groups is 1. The third kappa shape index (κ3) is 6.35. The van der Waals surface area contributed by atoms with E-state index in [-0.39, 0.29) is 17.1 Å². The molecule has 3 rings (SSSR count). The van der Waals surface area contributed by atoms with E-state index in [0.717, 1.165) is 30.4 Å². The molecule has 1 aromatic carbocycles. The first-order valence-electron chi connectivity index (χ1n) is 11.7. The number of oxime groups is 1. The molecule has 0 bridgehead atoms. The highest BCUT2D eigenvalue weighted by molar-refractivity contribution is 6.03. The number of carboxylic acid groups (broad SMARTS) is 2. The van der Waals surface area contributed by atoms with Crippen molar-refractivity contribution in [3.63, 3.8) is 0 Å². The van der Waals surface area contributed by atoms with Crippen LogP contribution >= 0.6 is 0 Å². The number of hydrogen-bond acceptors (Lipinski definition) is 7. The van der Waals surface area contributed by atoms with Crippen molar-refractivity contribution >= 4 is 23.9 Å². The minimum absolute atomic E-state index is 0.167. The van der Waals surface area contributed by atoms with Gasteiger partial charge in [-0.1, -0.05) is 51.4 Å². The Morgan fingerprint density at radius 2 is 1.83 bits per heavy atom. The van der Waals surface area contributed by atoms with Crippen molar-refractivity contribution in [2.24, 2.45) is 22.2 Å². The molecule has 1 fully saturated rings. The molecule has 9 nitrogen and oxygen atoms in total. The third-order valence-electron chi connectivity index (χ3n) is 6.98. The van der Waals surface area contributed by atoms with E-state index in [2.05, 4.69) is 45.0 Å². The molecular weight excluding hydrogens is 452 g/mol. The standard InChI is InChI=1S/C22H32N2O3.C4H4O4/c1-14(2)15-6-7-17-16(12-15)18(25)19(26)20-21(3,13-24-27-11-10-23)8-5-9-22(17,20)4;5-3(6)1-2-4(7)8/h6-7,12-14,19-20,26H,5,8-11,23H2,1-4H3;1-2H,(H,5,6)(H,7,8)/b24-13+;2-1+/t19-,20-,21-,22+;/m0./s1. The summed E-state index contributed by atoms with van der Waals surface area (Å²) in [4.78, 5) is 37.4. The molecule has 0 amide bonds. The van der Waals surface area contributed by atoms with Gasteiger partial charge in [0.05, 0.1) is 6.21 Å². The zero-order chi connectivity index (χ0) is 26.4. The van der Waals surface area contributed by atoms with Crippen LogP contribution in [0.15, 0.2) is 35.5 Å². The summed E-state index contributed by atoms with van der Waals surface area (Å²) in [5.41, 5.74) is 7.65. The molecule has 0 unspecified atom stereocenters. The minimum Gasteiger partial charge on any atom is -0.478 e. The number of aliphatic hydroxyl groups excluding tert-OH is 1. The molecular formula is C26H36N2O7. The van der Waals surface area contributed by atoms with Crippen molar-refractivity contribution < 1.29 is 34.5 Å². The fraction of sp³-hybridized carbons (Fsp3) is 0.538. The Bertz CT molecular complexity index is 987. The molecule has 4 atom stereocenters. The van der Waals surface area contributed by atoms with E-state index in [0.29, 0.717) is 36.8 Å². The van der Waals surface area contributed by atoms with Crippen molar-refractivity contribution in [3.05, 3.63) is 47.0 Å². The molecule has 35 heavy (non-hydrogen) atoms. The summed E-state index contributed by atoms with van der Waals surface area (Å²) in [7, 11) is 0. The van der Waals surface area contributed by atoms with Crippen LogP contribution in [0.25, 0.3) is 0 Å². The molecule has 0 aromatic heterocycles. The van der Waals surface area contributed by atoms with Gasteiger partial charge in [-0.25, -0.2) is 9.59 Å². The normalized spacial score (nSPS) is 27.8. The Balaban J connectivity index is 0.000000466. The molecule has 5 N–H and O–H groups in total. The number of nitrogens with two attached hydrogens (primary N) is 1. The number of rotatable bonds is 7. The number of carbonyl (C=O) groups is 3. The second-order valence-corrected chi connectivity index (χ2v) is 9.89. The van der Waals surface area contributed by atoms with Crippen LogP contribution in [0.2, 0.25) is 0 Å². The number of aliphatic carboxylic acids is 2. The van der Waals surface area contributed by atoms with Crippen LogP contribution in [0.4, 0.5) is 0 Å². The number of benzene rings is 1. The molecule has 0 aliphatic heterocycles. The molecule has 0 heterocycles. The Labute approximate surface area is 205 Å². The summed E-state index contributed by atoms with van der Waals surface area (Å²) >= 11 is 0. The van der Waals surface area contributed by atoms with Crippen LogP contribution in [-0.4, -0.2) is 58.5 Å². The van der Waals surface area contributed by atoms with Crippen LogP contribution in [0.5, 0.6) is 0 Å². The van der Waals surface area contributed by atoms with E-state index < -0.39 is 23.5 Å². The minimum atomic E-state index is -1.26. The van der Waals surface area contributed by atoms with Gasteiger partial charge >= 0.3 is 11.9 Å². The molecule has 192 valence electrons. The first kappa shape index (κ1) is 28.2. The van der Waals surface area contributed by atoms with Gasteiger partial charge in [0.15, 0.2) is 5.78 Å². The fourth-order valence-electron chi connectivity index (χ4n) is 5.37. The van der Waals surface area contributed by atoms with Crippen LogP contribution < -0.4 is 5.73 Å². The Morgan fingerprint density at radius 3 is 2.37 bits per heavy atom. The molecule has 0 spiro atoms. The van der Waals surface area contributed by atoms with Crippen LogP contribution in [-0.2, 0) is 19.8 Å². The van der Waals surface area contributed by atoms with Gasteiger partial charge in [0, 0.05) is 35.6 Å². The lowest BCUT2D eigenvalue weighted by atomic mass is 9.49. The maximum atomic E-state index is 13.1. The van der Waals surface area contributed by atoms with Gasteiger partial charge in [0.25, 0.3) is 0 Å². The van der Waals surface area contributed by atoms with Gasteiger partial charge in [0.2, 0.25) is 0 Å². The maximum absolute atomic E-state index is 13.1. The largest absolute Gasteiger partial charge is 0.478 e. The van der Waals surface area contributed by atoms with Gasteiger partial charge in [-0.05, 0) is 41.4 Å². The first-order valence-corrected chi connectivity index (χ1v) is 11.7. The molecule has 0 saturated heterocycles. The molecule has 1 saturated carbocycles. The Morgan fingerprint density at radius 1 is 1.20 bits per heavy atom. The molecule has 9 heteroatoms. The van der Waals surface area contributed by atoms with Crippen molar-refractivity contribution in [1.82, 2.24) is 0 Å². The monoisotopic (exact) mass is 488 g/mol. The zero-order valence-corrected chi connectivity index (χ0v) is 20.7.